The lowest BCUT2D eigenvalue weighted by Gasteiger charge is -2.36. The number of aromatic nitrogens is 1. The van der Waals surface area contributed by atoms with Crippen molar-refractivity contribution in [3.8, 4) is 0 Å². The van der Waals surface area contributed by atoms with Crippen LogP contribution in [0.2, 0.25) is 0 Å². The Morgan fingerprint density at radius 2 is 1.88 bits per heavy atom. The maximum absolute atomic E-state index is 12.7. The molecule has 1 aromatic carbocycles. The van der Waals surface area contributed by atoms with Crippen molar-refractivity contribution >= 4 is 15.7 Å². The Kier molecular flexibility index (Phi) is 4.49. The zero-order valence-electron chi connectivity index (χ0n) is 14.0. The molecule has 2 heterocycles. The van der Waals surface area contributed by atoms with Crippen molar-refractivity contribution in [2.24, 2.45) is 0 Å². The molecule has 128 valence electrons. The molecular weight excluding hydrogens is 324 g/mol. The smallest absolute Gasteiger partial charge is 0.227 e. The summed E-state index contributed by atoms with van der Waals surface area (Å²) in [6.45, 7) is 3.62. The summed E-state index contributed by atoms with van der Waals surface area (Å²) in [6.07, 6.45) is 4.41. The lowest BCUT2D eigenvalue weighted by molar-refractivity contribution is -0.134. The fraction of sp³-hybridized carbons (Fsp3) is 0.389. The molecule has 1 aliphatic rings. The van der Waals surface area contributed by atoms with Crippen LogP contribution in [0.4, 0.5) is 0 Å². The first kappa shape index (κ1) is 16.8. The Morgan fingerprint density at radius 3 is 2.50 bits per heavy atom. The molecule has 2 aromatic rings. The monoisotopic (exact) mass is 346 g/mol. The summed E-state index contributed by atoms with van der Waals surface area (Å²) in [7, 11) is -3.21. The van der Waals surface area contributed by atoms with Gasteiger partial charge in [0.05, 0.1) is 17.4 Å². The van der Waals surface area contributed by atoms with E-state index in [9.17, 15) is 13.2 Å². The van der Waals surface area contributed by atoms with Gasteiger partial charge >= 0.3 is 0 Å². The van der Waals surface area contributed by atoms with E-state index in [1.165, 1.54) is 11.9 Å². The highest BCUT2D eigenvalue weighted by Crippen LogP contribution is 2.29. The van der Waals surface area contributed by atoms with E-state index in [0.717, 1.165) is 18.5 Å². The van der Waals surface area contributed by atoms with E-state index in [1.807, 2.05) is 11.0 Å². The molecule has 5 nitrogen and oxygen atoms in total. The quantitative estimate of drug-likeness (QED) is 0.854. The minimum atomic E-state index is -3.21. The van der Waals surface area contributed by atoms with E-state index in [-0.39, 0.29) is 16.8 Å². The van der Waals surface area contributed by atoms with Gasteiger partial charge in [-0.05, 0) is 36.2 Å². The van der Waals surface area contributed by atoms with Crippen molar-refractivity contribution in [2.45, 2.75) is 37.2 Å². The Labute approximate surface area is 142 Å². The highest BCUT2D eigenvalue weighted by Gasteiger charge is 2.29. The largest absolute Gasteiger partial charge is 0.348 e. The van der Waals surface area contributed by atoms with E-state index in [1.54, 1.807) is 24.3 Å². The molecule has 0 unspecified atom stereocenters. The van der Waals surface area contributed by atoms with Gasteiger partial charge in [-0.25, -0.2) is 8.42 Å². The molecule has 0 saturated heterocycles. The van der Waals surface area contributed by atoms with Crippen LogP contribution in [-0.4, -0.2) is 36.6 Å². The summed E-state index contributed by atoms with van der Waals surface area (Å²) in [4.78, 5) is 15.0. The molecule has 0 aliphatic carbocycles. The molecule has 6 heteroatoms. The first-order chi connectivity index (χ1) is 11.4. The van der Waals surface area contributed by atoms with E-state index in [2.05, 4.69) is 23.8 Å². The fourth-order valence-corrected chi connectivity index (χ4v) is 3.95. The number of sulfone groups is 1. The van der Waals surface area contributed by atoms with Gasteiger partial charge < -0.3 is 9.47 Å². The first-order valence-corrected chi connectivity index (χ1v) is 10.0. The highest BCUT2D eigenvalue weighted by atomic mass is 32.2. The Hall–Kier alpha value is -2.08. The molecule has 0 spiro atoms. The molecule has 1 amide bonds. The molecule has 0 fully saturated rings. The number of amides is 1. The van der Waals surface area contributed by atoms with Crippen LogP contribution in [0.5, 0.6) is 0 Å². The number of benzene rings is 1. The molecule has 1 atom stereocenters. The zero-order valence-corrected chi connectivity index (χ0v) is 14.8. The SMILES string of the molecule is CC[C@H]1c2cccn2CCN1C(=O)Cc1ccc(S(C)(=O)=O)cc1. The normalized spacial score (nSPS) is 17.6. The third-order valence-electron chi connectivity index (χ3n) is 4.58. The number of rotatable bonds is 4. The number of nitrogens with zero attached hydrogens (tertiary/aromatic N) is 2. The first-order valence-electron chi connectivity index (χ1n) is 8.13. The molecule has 3 rings (SSSR count). The summed E-state index contributed by atoms with van der Waals surface area (Å²) in [5.74, 6) is 0.0846. The van der Waals surface area contributed by atoms with Gasteiger partial charge in [0.15, 0.2) is 9.84 Å². The Balaban J connectivity index is 1.75. The minimum absolute atomic E-state index is 0.0846. The van der Waals surface area contributed by atoms with Crippen molar-refractivity contribution in [3.05, 3.63) is 53.9 Å². The van der Waals surface area contributed by atoms with Crippen LogP contribution in [-0.2, 0) is 27.6 Å². The number of carbonyl (C=O) groups excluding carboxylic acids is 1. The van der Waals surface area contributed by atoms with Crippen LogP contribution in [0, 0.1) is 0 Å². The van der Waals surface area contributed by atoms with Gasteiger partial charge in [0.25, 0.3) is 0 Å². The summed E-state index contributed by atoms with van der Waals surface area (Å²) >= 11 is 0. The van der Waals surface area contributed by atoms with Gasteiger partial charge in [-0.3, -0.25) is 4.79 Å². The molecule has 0 saturated carbocycles. The van der Waals surface area contributed by atoms with Crippen LogP contribution in [0.15, 0.2) is 47.5 Å². The Bertz CT molecular complexity index is 837. The number of hydrogen-bond donors (Lipinski definition) is 0. The number of hydrogen-bond acceptors (Lipinski definition) is 3. The molecular formula is C18H22N2O3S. The molecule has 1 aliphatic heterocycles. The molecule has 0 N–H and O–H groups in total. The molecule has 0 radical (unpaired) electrons. The molecule has 1 aromatic heterocycles. The van der Waals surface area contributed by atoms with E-state index < -0.39 is 9.84 Å². The summed E-state index contributed by atoms with van der Waals surface area (Å²) < 4.78 is 25.2. The van der Waals surface area contributed by atoms with Crippen LogP contribution < -0.4 is 0 Å². The average molecular weight is 346 g/mol. The van der Waals surface area contributed by atoms with Gasteiger partial charge in [-0.2, -0.15) is 0 Å². The second-order valence-electron chi connectivity index (χ2n) is 6.23. The van der Waals surface area contributed by atoms with E-state index in [0.29, 0.717) is 13.0 Å². The van der Waals surface area contributed by atoms with Crippen LogP contribution in [0.25, 0.3) is 0 Å². The van der Waals surface area contributed by atoms with Gasteiger partial charge in [-0.15, -0.1) is 0 Å². The second-order valence-corrected chi connectivity index (χ2v) is 8.25. The van der Waals surface area contributed by atoms with Gasteiger partial charge in [0.2, 0.25) is 5.91 Å². The predicted molar refractivity (Wildman–Crippen MR) is 92.4 cm³/mol. The second kappa shape index (κ2) is 6.43. The number of fused-ring (bicyclic) bond motifs is 1. The fourth-order valence-electron chi connectivity index (χ4n) is 3.32. The lowest BCUT2D eigenvalue weighted by atomic mass is 10.0. The third-order valence-corrected chi connectivity index (χ3v) is 5.71. The van der Waals surface area contributed by atoms with E-state index >= 15 is 0 Å². The lowest BCUT2D eigenvalue weighted by Crippen LogP contribution is -2.42. The van der Waals surface area contributed by atoms with Crippen molar-refractivity contribution in [1.29, 1.82) is 0 Å². The highest BCUT2D eigenvalue weighted by molar-refractivity contribution is 7.90. The third kappa shape index (κ3) is 3.24. The predicted octanol–water partition coefficient (Wildman–Crippen LogP) is 2.43. The molecule has 24 heavy (non-hydrogen) atoms. The van der Waals surface area contributed by atoms with Crippen molar-refractivity contribution in [2.75, 3.05) is 12.8 Å². The van der Waals surface area contributed by atoms with Crippen molar-refractivity contribution < 1.29 is 13.2 Å². The number of carbonyl (C=O) groups is 1. The van der Waals surface area contributed by atoms with Crippen molar-refractivity contribution in [1.82, 2.24) is 9.47 Å². The standard InChI is InChI=1S/C18H22N2O3S/c1-3-16-17-5-4-10-19(17)11-12-20(16)18(21)13-14-6-8-15(9-7-14)24(2,22)23/h4-10,16H,3,11-13H2,1-2H3/t16-/m0/s1. The van der Waals surface area contributed by atoms with Gasteiger partial charge in [-0.1, -0.05) is 19.1 Å². The minimum Gasteiger partial charge on any atom is -0.348 e. The van der Waals surface area contributed by atoms with Crippen molar-refractivity contribution in [3.63, 3.8) is 0 Å². The summed E-state index contributed by atoms with van der Waals surface area (Å²) in [5.41, 5.74) is 2.02. The Morgan fingerprint density at radius 1 is 1.17 bits per heavy atom. The average Bonchev–Trinajstić information content (AvgIpc) is 3.02. The van der Waals surface area contributed by atoms with Crippen LogP contribution in [0.3, 0.4) is 0 Å². The summed E-state index contributed by atoms with van der Waals surface area (Å²) in [5, 5.41) is 0. The maximum atomic E-state index is 12.7. The van der Waals surface area contributed by atoms with Gasteiger partial charge in [0, 0.05) is 31.2 Å². The van der Waals surface area contributed by atoms with E-state index in [4.69, 9.17) is 0 Å². The molecule has 0 bridgehead atoms. The van der Waals surface area contributed by atoms with Crippen LogP contribution >= 0.6 is 0 Å². The topological polar surface area (TPSA) is 59.4 Å². The summed E-state index contributed by atoms with van der Waals surface area (Å²) in [6, 6.07) is 10.8. The van der Waals surface area contributed by atoms with Crippen LogP contribution in [0.1, 0.15) is 30.6 Å². The zero-order chi connectivity index (χ0) is 17.3. The maximum Gasteiger partial charge on any atom is 0.227 e. The van der Waals surface area contributed by atoms with Gasteiger partial charge in [0.1, 0.15) is 0 Å².